The summed E-state index contributed by atoms with van der Waals surface area (Å²) in [5.41, 5.74) is 5.57. The lowest BCUT2D eigenvalue weighted by atomic mass is 10.1. The highest BCUT2D eigenvalue weighted by Gasteiger charge is 2.24. The Balaban J connectivity index is 1.54. The fourth-order valence-electron chi connectivity index (χ4n) is 4.00. The summed E-state index contributed by atoms with van der Waals surface area (Å²) in [5, 5.41) is 2.82. The Hall–Kier alpha value is -2.96. The molecule has 1 aromatic heterocycles. The number of amides is 1. The van der Waals surface area contributed by atoms with Gasteiger partial charge in [-0.1, -0.05) is 42.5 Å². The number of fused-ring (bicyclic) bond motifs is 1. The molecule has 2 heterocycles. The lowest BCUT2D eigenvalue weighted by Gasteiger charge is -2.29. The van der Waals surface area contributed by atoms with Gasteiger partial charge in [0, 0.05) is 57.9 Å². The summed E-state index contributed by atoms with van der Waals surface area (Å²) in [6.45, 7) is 5.83. The van der Waals surface area contributed by atoms with Crippen molar-refractivity contribution in [3.05, 3.63) is 71.7 Å². The van der Waals surface area contributed by atoms with Crippen molar-refractivity contribution in [2.75, 3.05) is 25.6 Å². The minimum atomic E-state index is -0.0511. The summed E-state index contributed by atoms with van der Waals surface area (Å²) in [5.74, 6) is 1.05. The maximum atomic E-state index is 11.2. The number of nitrogens with one attached hydrogen (secondary N) is 1. The van der Waals surface area contributed by atoms with E-state index >= 15 is 0 Å². The number of nitrogens with zero attached hydrogens (tertiary/aromatic N) is 3. The molecular weight excluding hydrogens is 376 g/mol. The van der Waals surface area contributed by atoms with Crippen molar-refractivity contribution in [3.8, 4) is 11.3 Å². The van der Waals surface area contributed by atoms with Crippen LogP contribution in [0.5, 0.6) is 0 Å². The molecule has 30 heavy (non-hydrogen) atoms. The first kappa shape index (κ1) is 20.3. The SMILES string of the molecule is COCCc1nc(-c2ccccc2)c2n1CCN(Cc1ccc(NC(C)=O)cc1)C2. The maximum absolute atomic E-state index is 11.2. The normalized spacial score (nSPS) is 13.8. The minimum Gasteiger partial charge on any atom is -0.384 e. The van der Waals surface area contributed by atoms with E-state index in [-0.39, 0.29) is 5.91 Å². The lowest BCUT2D eigenvalue weighted by molar-refractivity contribution is -0.114. The molecule has 0 atom stereocenters. The van der Waals surface area contributed by atoms with Gasteiger partial charge in [0.25, 0.3) is 0 Å². The van der Waals surface area contributed by atoms with Gasteiger partial charge < -0.3 is 14.6 Å². The standard InChI is InChI=1S/C24H28N4O2/c1-18(29)25-21-10-8-19(9-11-21)16-27-13-14-28-22(17-27)24(20-6-4-3-5-7-20)26-23(28)12-15-30-2/h3-11H,12-17H2,1-2H3,(H,25,29). The van der Waals surface area contributed by atoms with E-state index in [0.717, 1.165) is 55.4 Å². The number of aromatic nitrogens is 2. The van der Waals surface area contributed by atoms with Crippen LogP contribution in [-0.4, -0.2) is 40.6 Å². The molecule has 6 nitrogen and oxygen atoms in total. The molecule has 1 aliphatic rings. The summed E-state index contributed by atoms with van der Waals surface area (Å²) < 4.78 is 7.67. The molecule has 0 aliphatic carbocycles. The molecule has 0 unspecified atom stereocenters. The topological polar surface area (TPSA) is 59.4 Å². The average Bonchev–Trinajstić information content (AvgIpc) is 3.12. The van der Waals surface area contributed by atoms with Crippen LogP contribution in [0.15, 0.2) is 54.6 Å². The van der Waals surface area contributed by atoms with E-state index in [9.17, 15) is 4.79 Å². The lowest BCUT2D eigenvalue weighted by Crippen LogP contribution is -2.34. The zero-order chi connectivity index (χ0) is 20.9. The van der Waals surface area contributed by atoms with Crippen LogP contribution in [0.2, 0.25) is 0 Å². The van der Waals surface area contributed by atoms with E-state index in [4.69, 9.17) is 9.72 Å². The highest BCUT2D eigenvalue weighted by Crippen LogP contribution is 2.29. The van der Waals surface area contributed by atoms with Crippen LogP contribution in [0.1, 0.15) is 24.0 Å². The van der Waals surface area contributed by atoms with Gasteiger partial charge in [-0.25, -0.2) is 4.98 Å². The number of methoxy groups -OCH3 is 1. The number of hydrogen-bond donors (Lipinski definition) is 1. The molecule has 0 saturated heterocycles. The van der Waals surface area contributed by atoms with Crippen molar-refractivity contribution in [2.24, 2.45) is 0 Å². The van der Waals surface area contributed by atoms with E-state index < -0.39 is 0 Å². The fraction of sp³-hybridized carbons (Fsp3) is 0.333. The second kappa shape index (κ2) is 9.24. The van der Waals surface area contributed by atoms with Gasteiger partial charge >= 0.3 is 0 Å². The number of ether oxygens (including phenoxy) is 1. The molecule has 3 aromatic rings. The van der Waals surface area contributed by atoms with E-state index in [0.29, 0.717) is 6.61 Å². The second-order valence-electron chi connectivity index (χ2n) is 7.67. The molecule has 1 aliphatic heterocycles. The Kier molecular flexibility index (Phi) is 6.26. The van der Waals surface area contributed by atoms with Crippen molar-refractivity contribution >= 4 is 11.6 Å². The molecule has 156 valence electrons. The molecule has 1 N–H and O–H groups in total. The van der Waals surface area contributed by atoms with Gasteiger partial charge in [0.2, 0.25) is 5.91 Å². The molecule has 0 spiro atoms. The zero-order valence-electron chi connectivity index (χ0n) is 17.6. The summed E-state index contributed by atoms with van der Waals surface area (Å²) in [7, 11) is 1.73. The van der Waals surface area contributed by atoms with Crippen LogP contribution in [-0.2, 0) is 35.6 Å². The van der Waals surface area contributed by atoms with Crippen molar-refractivity contribution in [1.29, 1.82) is 0 Å². The van der Waals surface area contributed by atoms with E-state index in [1.54, 1.807) is 7.11 Å². The van der Waals surface area contributed by atoms with E-state index in [1.165, 1.54) is 18.2 Å². The summed E-state index contributed by atoms with van der Waals surface area (Å²) >= 11 is 0. The first-order valence-electron chi connectivity index (χ1n) is 10.4. The molecule has 0 saturated carbocycles. The van der Waals surface area contributed by atoms with Crippen molar-refractivity contribution < 1.29 is 9.53 Å². The number of carbonyl (C=O) groups is 1. The highest BCUT2D eigenvalue weighted by molar-refractivity contribution is 5.88. The van der Waals surface area contributed by atoms with Crippen molar-refractivity contribution in [1.82, 2.24) is 14.5 Å². The molecular formula is C24H28N4O2. The van der Waals surface area contributed by atoms with Gasteiger partial charge in [-0.2, -0.15) is 0 Å². The van der Waals surface area contributed by atoms with Crippen molar-refractivity contribution in [2.45, 2.75) is 33.0 Å². The number of imidazole rings is 1. The Morgan fingerprint density at radius 1 is 1.10 bits per heavy atom. The van der Waals surface area contributed by atoms with Crippen LogP contribution < -0.4 is 5.32 Å². The third-order valence-electron chi connectivity index (χ3n) is 5.42. The van der Waals surface area contributed by atoms with Gasteiger partial charge in [0.1, 0.15) is 5.82 Å². The maximum Gasteiger partial charge on any atom is 0.221 e. The third-order valence-corrected chi connectivity index (χ3v) is 5.42. The number of anilines is 1. The third kappa shape index (κ3) is 4.61. The van der Waals surface area contributed by atoms with Gasteiger partial charge in [0.15, 0.2) is 0 Å². The van der Waals surface area contributed by atoms with Gasteiger partial charge in [-0.15, -0.1) is 0 Å². The van der Waals surface area contributed by atoms with E-state index in [2.05, 4.69) is 51.2 Å². The van der Waals surface area contributed by atoms with Crippen molar-refractivity contribution in [3.63, 3.8) is 0 Å². The predicted octanol–water partition coefficient (Wildman–Crippen LogP) is 3.71. The summed E-state index contributed by atoms with van der Waals surface area (Å²) in [6, 6.07) is 18.5. The van der Waals surface area contributed by atoms with Crippen LogP contribution in [0.25, 0.3) is 11.3 Å². The van der Waals surface area contributed by atoms with Gasteiger partial charge in [-0.05, 0) is 17.7 Å². The van der Waals surface area contributed by atoms with Crippen LogP contribution >= 0.6 is 0 Å². The number of rotatable bonds is 7. The minimum absolute atomic E-state index is 0.0511. The molecule has 0 bridgehead atoms. The zero-order valence-corrected chi connectivity index (χ0v) is 17.6. The molecule has 2 aromatic carbocycles. The van der Waals surface area contributed by atoms with Crippen LogP contribution in [0.3, 0.4) is 0 Å². The van der Waals surface area contributed by atoms with Crippen LogP contribution in [0, 0.1) is 0 Å². The highest BCUT2D eigenvalue weighted by atomic mass is 16.5. The van der Waals surface area contributed by atoms with Crippen LogP contribution in [0.4, 0.5) is 5.69 Å². The second-order valence-corrected chi connectivity index (χ2v) is 7.67. The van der Waals surface area contributed by atoms with Gasteiger partial charge in [0.05, 0.1) is 18.0 Å². The molecule has 6 heteroatoms. The first-order chi connectivity index (χ1) is 14.6. The number of hydrogen-bond acceptors (Lipinski definition) is 4. The average molecular weight is 405 g/mol. The Morgan fingerprint density at radius 3 is 2.57 bits per heavy atom. The summed E-state index contributed by atoms with van der Waals surface area (Å²) in [6.07, 6.45) is 0.820. The first-order valence-corrected chi connectivity index (χ1v) is 10.4. The fourth-order valence-corrected chi connectivity index (χ4v) is 4.00. The molecule has 0 fully saturated rings. The largest absolute Gasteiger partial charge is 0.384 e. The molecule has 1 amide bonds. The molecule has 4 rings (SSSR count). The number of benzene rings is 2. The van der Waals surface area contributed by atoms with Gasteiger partial charge in [-0.3, -0.25) is 9.69 Å². The quantitative estimate of drug-likeness (QED) is 0.652. The Bertz CT molecular complexity index is 996. The summed E-state index contributed by atoms with van der Waals surface area (Å²) in [4.78, 5) is 18.7. The molecule has 0 radical (unpaired) electrons. The van der Waals surface area contributed by atoms with E-state index in [1.807, 2.05) is 18.2 Å². The number of carbonyl (C=O) groups excluding carboxylic acids is 1. The predicted molar refractivity (Wildman–Crippen MR) is 118 cm³/mol. The smallest absolute Gasteiger partial charge is 0.221 e. The Labute approximate surface area is 177 Å². The Morgan fingerprint density at radius 2 is 1.87 bits per heavy atom. The monoisotopic (exact) mass is 404 g/mol.